The van der Waals surface area contributed by atoms with E-state index in [2.05, 4.69) is 19.2 Å². The molecule has 1 saturated heterocycles. The van der Waals surface area contributed by atoms with Crippen LogP contribution in [0.15, 0.2) is 0 Å². The van der Waals surface area contributed by atoms with Gasteiger partial charge in [-0.1, -0.05) is 181 Å². The maximum atomic E-state index is 13.5. The third kappa shape index (κ3) is 23.7. The molecule has 19 nitrogen and oxygen atoms in total. The number of rotatable bonds is 40. The fraction of sp³-hybridized carbons (Fsp3) is 0.979. The van der Waals surface area contributed by atoms with Gasteiger partial charge in [0.1, 0.15) is 73.2 Å². The fourth-order valence-corrected chi connectivity index (χ4v) is 9.92. The molecule has 2 aliphatic rings. The molecule has 2 fully saturated rings. The van der Waals surface area contributed by atoms with Crippen molar-refractivity contribution in [2.75, 3.05) is 13.2 Å². The molecule has 0 aromatic carbocycles. The van der Waals surface area contributed by atoms with Gasteiger partial charge < -0.3 is 75.9 Å². The second kappa shape index (κ2) is 36.1. The van der Waals surface area contributed by atoms with Crippen molar-refractivity contribution in [3.05, 3.63) is 0 Å². The van der Waals surface area contributed by atoms with Crippen LogP contribution < -0.4 is 5.32 Å². The van der Waals surface area contributed by atoms with Crippen LogP contribution in [0.2, 0.25) is 0 Å². The molecule has 16 atom stereocenters. The van der Waals surface area contributed by atoms with Gasteiger partial charge in [-0.2, -0.15) is 0 Å². The van der Waals surface area contributed by atoms with Gasteiger partial charge in [-0.25, -0.2) is 4.57 Å². The van der Waals surface area contributed by atoms with Crippen LogP contribution in [0.5, 0.6) is 0 Å². The largest absolute Gasteiger partial charge is 0.472 e. The van der Waals surface area contributed by atoms with Crippen LogP contribution in [0.4, 0.5) is 0 Å². The van der Waals surface area contributed by atoms with Crippen molar-refractivity contribution < 1.29 is 88.9 Å². The van der Waals surface area contributed by atoms with Gasteiger partial charge in [-0.15, -0.1) is 0 Å². The second-order valence-electron chi connectivity index (χ2n) is 19.3. The molecule has 2 rings (SSSR count). The number of hydrogen-bond donors (Lipinski definition) is 13. The minimum atomic E-state index is -5.49. The van der Waals surface area contributed by atoms with Crippen molar-refractivity contribution >= 4 is 13.7 Å². The molecule has 8 unspecified atom stereocenters. The number of aliphatic hydroxyl groups is 11. The first-order valence-corrected chi connectivity index (χ1v) is 27.7. The zero-order chi connectivity index (χ0) is 50.5. The number of aliphatic hydroxyl groups excluding tert-OH is 11. The Bertz CT molecular complexity index is 1320. The number of ether oxygens (including phenoxy) is 2. The Balaban J connectivity index is 2.04. The summed E-state index contributed by atoms with van der Waals surface area (Å²) in [6.45, 7) is 2.56. The Hall–Kier alpha value is -0.940. The first-order valence-electron chi connectivity index (χ1n) is 26.2. The number of unbranched alkanes of at least 4 members (excludes halogenated alkanes) is 24. The second-order valence-corrected chi connectivity index (χ2v) is 20.8. The first-order chi connectivity index (χ1) is 32.5. The van der Waals surface area contributed by atoms with Crippen LogP contribution in [0.1, 0.15) is 194 Å². The zero-order valence-electron chi connectivity index (χ0n) is 41.1. The van der Waals surface area contributed by atoms with Crippen molar-refractivity contribution in [3.63, 3.8) is 0 Å². The van der Waals surface area contributed by atoms with Gasteiger partial charge >= 0.3 is 7.82 Å². The van der Waals surface area contributed by atoms with Gasteiger partial charge in [0, 0.05) is 0 Å². The van der Waals surface area contributed by atoms with Crippen LogP contribution in [0, 0.1) is 0 Å². The molecule has 1 amide bonds. The number of phosphoric acid groups is 1. The van der Waals surface area contributed by atoms with Gasteiger partial charge in [0.05, 0.1) is 25.4 Å². The SMILES string of the molecule is CCCCCCCCCCCCCCCC[C@@H](O)[C@@H](O)[C@H](COP(=O)(O)O[C@H]1C(O)C(O)C(O)[C@@H](O)C1O[C@H]1O[C@H](CO)[C@@H](O)C(O)C1O)NC(=O)C(O)CCCCCCCCCCCCCC. The summed E-state index contributed by atoms with van der Waals surface area (Å²) < 4.78 is 34.7. The van der Waals surface area contributed by atoms with Gasteiger partial charge in [-0.3, -0.25) is 13.8 Å². The van der Waals surface area contributed by atoms with E-state index < -0.39 is 119 Å². The summed E-state index contributed by atoms with van der Waals surface area (Å²) in [6, 6.07) is -1.58. The molecule has 0 bridgehead atoms. The highest BCUT2D eigenvalue weighted by molar-refractivity contribution is 7.47. The molecule has 1 saturated carbocycles. The highest BCUT2D eigenvalue weighted by Gasteiger charge is 2.55. The lowest BCUT2D eigenvalue weighted by Crippen LogP contribution is -2.67. The van der Waals surface area contributed by atoms with E-state index in [1.165, 1.54) is 96.3 Å². The molecule has 404 valence electrons. The predicted octanol–water partition coefficient (Wildman–Crippen LogP) is 3.66. The van der Waals surface area contributed by atoms with Crippen LogP contribution in [-0.4, -0.2) is 172 Å². The number of nitrogens with one attached hydrogen (secondary N) is 1. The monoisotopic (exact) mass is 1000 g/mol. The van der Waals surface area contributed by atoms with E-state index in [9.17, 15) is 70.4 Å². The van der Waals surface area contributed by atoms with E-state index in [4.69, 9.17) is 18.5 Å². The van der Waals surface area contributed by atoms with Gasteiger partial charge in [0.25, 0.3) is 0 Å². The Labute approximate surface area is 405 Å². The van der Waals surface area contributed by atoms with E-state index in [1.807, 2.05) is 0 Å². The van der Waals surface area contributed by atoms with E-state index in [1.54, 1.807) is 0 Å². The van der Waals surface area contributed by atoms with E-state index in [-0.39, 0.29) is 12.8 Å². The maximum absolute atomic E-state index is 13.5. The van der Waals surface area contributed by atoms with Gasteiger partial charge in [0.2, 0.25) is 5.91 Å². The molecule has 0 radical (unpaired) electrons. The average Bonchev–Trinajstić information content (AvgIpc) is 3.32. The van der Waals surface area contributed by atoms with Crippen LogP contribution >= 0.6 is 7.82 Å². The number of carbonyl (C=O) groups excluding carboxylic acids is 1. The predicted molar refractivity (Wildman–Crippen MR) is 254 cm³/mol. The summed E-state index contributed by atoms with van der Waals surface area (Å²) in [4.78, 5) is 24.2. The molecule has 1 heterocycles. The first kappa shape index (κ1) is 63.2. The molecule has 20 heteroatoms. The summed E-state index contributed by atoms with van der Waals surface area (Å²) in [5, 5.41) is 119. The fourth-order valence-electron chi connectivity index (χ4n) is 8.96. The zero-order valence-corrected chi connectivity index (χ0v) is 42.0. The van der Waals surface area contributed by atoms with Crippen molar-refractivity contribution in [1.29, 1.82) is 0 Å². The number of carbonyl (C=O) groups is 1. The smallest absolute Gasteiger partial charge is 0.394 e. The Morgan fingerprint density at radius 1 is 0.559 bits per heavy atom. The minimum Gasteiger partial charge on any atom is -0.394 e. The van der Waals surface area contributed by atoms with Gasteiger partial charge in [0.15, 0.2) is 6.29 Å². The molecule has 0 aromatic heterocycles. The standard InChI is InChI=1S/C48H94NO18P/c1-3-5-7-9-11-13-15-17-18-20-21-23-25-27-29-34(51)37(53)33(49-47(61)35(52)30-28-26-24-22-19-16-14-12-10-8-6-4-2)32-64-68(62,63)67-46-43(59)41(57)40(56)42(58)45(46)66-48-44(60)39(55)38(54)36(31-50)65-48/h33-46,48,50-60H,3-32H2,1-2H3,(H,49,61)(H,62,63)/t33-,34+,35?,36+,37-,38+,39?,40?,41?,42+,43?,44?,45?,46-,48+/m0/s1. The van der Waals surface area contributed by atoms with Crippen LogP contribution in [0.25, 0.3) is 0 Å². The Kier molecular flexibility index (Phi) is 33.5. The highest BCUT2D eigenvalue weighted by Crippen LogP contribution is 2.48. The van der Waals surface area contributed by atoms with Crippen molar-refractivity contribution in [2.24, 2.45) is 0 Å². The highest BCUT2D eigenvalue weighted by atomic mass is 31.2. The Morgan fingerprint density at radius 3 is 1.40 bits per heavy atom. The lowest BCUT2D eigenvalue weighted by atomic mass is 9.84. The summed E-state index contributed by atoms with van der Waals surface area (Å²) in [6.07, 6.45) is 1.89. The minimum absolute atomic E-state index is 0.0993. The van der Waals surface area contributed by atoms with E-state index in [0.717, 1.165) is 57.8 Å². The van der Waals surface area contributed by atoms with E-state index >= 15 is 0 Å². The van der Waals surface area contributed by atoms with Crippen LogP contribution in [0.3, 0.4) is 0 Å². The summed E-state index contributed by atoms with van der Waals surface area (Å²) >= 11 is 0. The topological polar surface area (TPSA) is 326 Å². The van der Waals surface area contributed by atoms with Crippen molar-refractivity contribution in [1.82, 2.24) is 5.32 Å². The summed E-state index contributed by atoms with van der Waals surface area (Å²) in [5.74, 6) is -0.922. The molecule has 1 aliphatic heterocycles. The summed E-state index contributed by atoms with van der Waals surface area (Å²) in [7, 11) is -5.49. The number of phosphoric ester groups is 1. The molecular weight excluding hydrogens is 909 g/mol. The average molecular weight is 1000 g/mol. The number of amides is 1. The molecule has 0 aromatic rings. The maximum Gasteiger partial charge on any atom is 0.472 e. The number of hydrogen-bond acceptors (Lipinski definition) is 17. The molecule has 13 N–H and O–H groups in total. The van der Waals surface area contributed by atoms with Crippen molar-refractivity contribution in [3.8, 4) is 0 Å². The van der Waals surface area contributed by atoms with Gasteiger partial charge in [-0.05, 0) is 12.8 Å². The molecular formula is C48H94NO18P. The quantitative estimate of drug-likeness (QED) is 0.0308. The normalized spacial score (nSPS) is 29.3. The molecule has 1 aliphatic carbocycles. The molecule has 0 spiro atoms. The lowest BCUT2D eigenvalue weighted by Gasteiger charge is -2.47. The Morgan fingerprint density at radius 2 is 0.956 bits per heavy atom. The van der Waals surface area contributed by atoms with E-state index in [0.29, 0.717) is 12.8 Å². The third-order valence-electron chi connectivity index (χ3n) is 13.5. The molecule has 68 heavy (non-hydrogen) atoms. The lowest BCUT2D eigenvalue weighted by molar-refractivity contribution is -0.338. The van der Waals surface area contributed by atoms with Crippen molar-refractivity contribution in [2.45, 2.75) is 285 Å². The van der Waals surface area contributed by atoms with Crippen LogP contribution in [-0.2, 0) is 27.9 Å². The third-order valence-corrected chi connectivity index (χ3v) is 14.5. The summed E-state index contributed by atoms with van der Waals surface area (Å²) in [5.41, 5.74) is 0.